The van der Waals surface area contributed by atoms with Crippen molar-refractivity contribution in [2.24, 2.45) is 5.41 Å². The Labute approximate surface area is 128 Å². The summed E-state index contributed by atoms with van der Waals surface area (Å²) >= 11 is 0. The molecule has 0 aliphatic heterocycles. The van der Waals surface area contributed by atoms with Crippen molar-refractivity contribution in [1.82, 2.24) is 5.32 Å². The predicted octanol–water partition coefficient (Wildman–Crippen LogP) is 2.73. The van der Waals surface area contributed by atoms with Crippen LogP contribution in [0.4, 0.5) is 5.69 Å². The van der Waals surface area contributed by atoms with Gasteiger partial charge < -0.3 is 15.8 Å². The van der Waals surface area contributed by atoms with Crippen molar-refractivity contribution in [2.75, 3.05) is 26.0 Å². The molecule has 4 nitrogen and oxygen atoms in total. The van der Waals surface area contributed by atoms with Crippen molar-refractivity contribution in [3.8, 4) is 0 Å². The summed E-state index contributed by atoms with van der Waals surface area (Å²) in [6, 6.07) is 7.75. The first-order valence-electron chi connectivity index (χ1n) is 7.36. The van der Waals surface area contributed by atoms with E-state index in [1.165, 1.54) is 0 Å². The van der Waals surface area contributed by atoms with Gasteiger partial charge in [0.15, 0.2) is 0 Å². The molecular formula is C17H28N2O2. The first-order valence-corrected chi connectivity index (χ1v) is 7.36. The summed E-state index contributed by atoms with van der Waals surface area (Å²) in [5.74, 6) is 0.0560. The number of amides is 1. The van der Waals surface area contributed by atoms with E-state index < -0.39 is 5.41 Å². The predicted molar refractivity (Wildman–Crippen MR) is 87.2 cm³/mol. The normalized spacial score (nSPS) is 12.2. The van der Waals surface area contributed by atoms with Gasteiger partial charge in [-0.2, -0.15) is 0 Å². The largest absolute Gasteiger partial charge is 0.399 e. The van der Waals surface area contributed by atoms with Crippen molar-refractivity contribution >= 4 is 11.6 Å². The van der Waals surface area contributed by atoms with Crippen molar-refractivity contribution in [3.05, 3.63) is 29.8 Å². The Hall–Kier alpha value is -1.55. The van der Waals surface area contributed by atoms with E-state index >= 15 is 0 Å². The van der Waals surface area contributed by atoms with Gasteiger partial charge in [-0.1, -0.05) is 39.8 Å². The van der Waals surface area contributed by atoms with Crippen LogP contribution in [0.2, 0.25) is 0 Å². The van der Waals surface area contributed by atoms with Crippen LogP contribution in [0.3, 0.4) is 0 Å². The van der Waals surface area contributed by atoms with Gasteiger partial charge in [-0.25, -0.2) is 0 Å². The van der Waals surface area contributed by atoms with E-state index in [-0.39, 0.29) is 11.3 Å². The second-order valence-corrected chi connectivity index (χ2v) is 6.47. The molecule has 0 bridgehead atoms. The Bertz CT molecular complexity index is 464. The van der Waals surface area contributed by atoms with Gasteiger partial charge >= 0.3 is 0 Å². The average molecular weight is 292 g/mol. The molecule has 1 amide bonds. The SMILES string of the molecule is COCCCNC(=O)C(C)(C)C(C)(C)c1ccc(N)cc1. The number of hydrogen-bond acceptors (Lipinski definition) is 3. The molecule has 3 N–H and O–H groups in total. The summed E-state index contributed by atoms with van der Waals surface area (Å²) in [5, 5.41) is 3.00. The van der Waals surface area contributed by atoms with Gasteiger partial charge in [0.2, 0.25) is 5.91 Å². The van der Waals surface area contributed by atoms with Crippen LogP contribution in [0.25, 0.3) is 0 Å². The summed E-state index contributed by atoms with van der Waals surface area (Å²) in [6.45, 7) is 9.43. The number of anilines is 1. The van der Waals surface area contributed by atoms with Crippen molar-refractivity contribution < 1.29 is 9.53 Å². The fourth-order valence-electron chi connectivity index (χ4n) is 2.18. The van der Waals surface area contributed by atoms with E-state index in [9.17, 15) is 4.79 Å². The molecule has 0 aromatic heterocycles. The molecule has 0 aliphatic carbocycles. The van der Waals surface area contributed by atoms with Crippen molar-refractivity contribution in [1.29, 1.82) is 0 Å². The van der Waals surface area contributed by atoms with Gasteiger partial charge in [-0.3, -0.25) is 4.79 Å². The fraction of sp³-hybridized carbons (Fsp3) is 0.588. The summed E-state index contributed by atoms with van der Waals surface area (Å²) in [7, 11) is 1.66. The number of rotatable bonds is 7. The van der Waals surface area contributed by atoms with Crippen molar-refractivity contribution in [3.63, 3.8) is 0 Å². The minimum atomic E-state index is -0.532. The molecule has 118 valence electrons. The highest BCUT2D eigenvalue weighted by Crippen LogP contribution is 2.41. The van der Waals surface area contributed by atoms with Crippen LogP contribution in [0.1, 0.15) is 39.7 Å². The monoisotopic (exact) mass is 292 g/mol. The minimum absolute atomic E-state index is 0.0560. The van der Waals surface area contributed by atoms with Gasteiger partial charge in [0.05, 0.1) is 5.41 Å². The molecule has 0 unspecified atom stereocenters. The van der Waals surface area contributed by atoms with Crippen LogP contribution in [0, 0.1) is 5.41 Å². The Morgan fingerprint density at radius 2 is 1.76 bits per heavy atom. The summed E-state index contributed by atoms with van der Waals surface area (Å²) in [5.41, 5.74) is 6.75. The standard InChI is InChI=1S/C17H28N2O2/c1-16(2,13-7-9-14(18)10-8-13)17(3,4)15(20)19-11-6-12-21-5/h7-10H,6,11-12,18H2,1-5H3,(H,19,20). The molecule has 1 aromatic rings. The molecule has 0 aliphatic rings. The van der Waals surface area contributed by atoms with E-state index in [1.807, 2.05) is 38.1 Å². The Balaban J connectivity index is 2.83. The summed E-state index contributed by atoms with van der Waals surface area (Å²) < 4.78 is 4.99. The van der Waals surface area contributed by atoms with Gasteiger partial charge in [0.1, 0.15) is 0 Å². The molecule has 0 saturated carbocycles. The molecule has 4 heteroatoms. The second-order valence-electron chi connectivity index (χ2n) is 6.47. The highest BCUT2D eigenvalue weighted by Gasteiger charge is 2.43. The van der Waals surface area contributed by atoms with E-state index in [2.05, 4.69) is 19.2 Å². The third-order valence-electron chi connectivity index (χ3n) is 4.57. The number of hydrogen-bond donors (Lipinski definition) is 2. The van der Waals surface area contributed by atoms with Crippen LogP contribution < -0.4 is 11.1 Å². The Morgan fingerprint density at radius 3 is 2.29 bits per heavy atom. The molecule has 0 spiro atoms. The number of methoxy groups -OCH3 is 1. The van der Waals surface area contributed by atoms with Gasteiger partial charge in [0.25, 0.3) is 0 Å². The van der Waals surface area contributed by atoms with E-state index in [0.717, 1.165) is 17.7 Å². The summed E-state index contributed by atoms with van der Waals surface area (Å²) in [6.07, 6.45) is 0.820. The Kier molecular flexibility index (Phi) is 5.78. The number of carbonyl (C=O) groups excluding carboxylic acids is 1. The first-order chi connectivity index (χ1) is 9.73. The molecule has 0 fully saturated rings. The van der Waals surface area contributed by atoms with Gasteiger partial charge in [-0.15, -0.1) is 0 Å². The Morgan fingerprint density at radius 1 is 1.19 bits per heavy atom. The minimum Gasteiger partial charge on any atom is -0.399 e. The number of nitrogens with one attached hydrogen (secondary N) is 1. The third-order valence-corrected chi connectivity index (χ3v) is 4.57. The highest BCUT2D eigenvalue weighted by molar-refractivity contribution is 5.83. The zero-order valence-corrected chi connectivity index (χ0v) is 13.8. The smallest absolute Gasteiger partial charge is 0.226 e. The zero-order chi connectivity index (χ0) is 16.1. The molecule has 0 atom stereocenters. The van der Waals surface area contributed by atoms with Crippen LogP contribution in [0.5, 0.6) is 0 Å². The maximum absolute atomic E-state index is 12.5. The van der Waals surface area contributed by atoms with E-state index in [4.69, 9.17) is 10.5 Å². The number of ether oxygens (including phenoxy) is 1. The molecule has 0 heterocycles. The quantitative estimate of drug-likeness (QED) is 0.600. The zero-order valence-electron chi connectivity index (χ0n) is 13.8. The molecule has 21 heavy (non-hydrogen) atoms. The highest BCUT2D eigenvalue weighted by atomic mass is 16.5. The number of nitrogens with two attached hydrogens (primary N) is 1. The van der Waals surface area contributed by atoms with E-state index in [1.54, 1.807) is 7.11 Å². The van der Waals surface area contributed by atoms with Crippen LogP contribution in [-0.2, 0) is 14.9 Å². The first kappa shape index (κ1) is 17.5. The molecule has 0 radical (unpaired) electrons. The van der Waals surface area contributed by atoms with Gasteiger partial charge in [0, 0.05) is 31.4 Å². The second kappa shape index (κ2) is 6.94. The maximum Gasteiger partial charge on any atom is 0.226 e. The molecular weight excluding hydrogens is 264 g/mol. The molecule has 1 aromatic carbocycles. The van der Waals surface area contributed by atoms with Crippen LogP contribution in [0.15, 0.2) is 24.3 Å². The number of nitrogen functional groups attached to an aromatic ring is 1. The van der Waals surface area contributed by atoms with Crippen LogP contribution >= 0.6 is 0 Å². The number of carbonyl (C=O) groups is 1. The fourth-order valence-corrected chi connectivity index (χ4v) is 2.18. The van der Waals surface area contributed by atoms with Gasteiger partial charge in [-0.05, 0) is 24.1 Å². The average Bonchev–Trinajstić information content (AvgIpc) is 2.43. The van der Waals surface area contributed by atoms with Crippen LogP contribution in [-0.4, -0.2) is 26.2 Å². The topological polar surface area (TPSA) is 64.3 Å². The lowest BCUT2D eigenvalue weighted by Gasteiger charge is -2.41. The lowest BCUT2D eigenvalue weighted by atomic mass is 9.63. The maximum atomic E-state index is 12.5. The summed E-state index contributed by atoms with van der Waals surface area (Å²) in [4.78, 5) is 12.5. The van der Waals surface area contributed by atoms with Crippen molar-refractivity contribution in [2.45, 2.75) is 39.5 Å². The molecule has 0 saturated heterocycles. The van der Waals surface area contributed by atoms with E-state index in [0.29, 0.717) is 13.2 Å². The molecule has 1 rings (SSSR count). The number of benzene rings is 1. The third kappa shape index (κ3) is 3.97. The lowest BCUT2D eigenvalue weighted by molar-refractivity contribution is -0.132. The lowest BCUT2D eigenvalue weighted by Crippen LogP contribution is -2.49.